The molecule has 0 spiro atoms. The largest absolute Gasteiger partial charge is 0.495 e. The Kier molecular flexibility index (Phi) is 7.23. The molecule has 0 bridgehead atoms. The molecule has 1 fully saturated rings. The molecule has 1 aliphatic rings. The van der Waals surface area contributed by atoms with E-state index in [-0.39, 0.29) is 11.9 Å². The van der Waals surface area contributed by atoms with Crippen molar-refractivity contribution in [1.82, 2.24) is 0 Å². The highest BCUT2D eigenvalue weighted by Gasteiger charge is 2.30. The van der Waals surface area contributed by atoms with Gasteiger partial charge >= 0.3 is 0 Å². The second-order valence-corrected chi connectivity index (χ2v) is 7.54. The molecule has 1 aliphatic heterocycles. The van der Waals surface area contributed by atoms with Gasteiger partial charge in [-0.05, 0) is 44.2 Å². The second-order valence-electron chi connectivity index (χ2n) is 7.10. The van der Waals surface area contributed by atoms with Gasteiger partial charge in [-0.2, -0.15) is 0 Å². The third-order valence-electron chi connectivity index (χ3n) is 5.34. The number of piperazine rings is 1. The Morgan fingerprint density at radius 2 is 1.93 bits per heavy atom. The Labute approximate surface area is 177 Å². The molecule has 2 aromatic carbocycles. The number of rotatable bonds is 7. The van der Waals surface area contributed by atoms with Gasteiger partial charge in [0.2, 0.25) is 0 Å². The van der Waals surface area contributed by atoms with Crippen molar-refractivity contribution >= 4 is 28.9 Å². The quantitative estimate of drug-likeness (QED) is 0.725. The van der Waals surface area contributed by atoms with Crippen LogP contribution in [0.3, 0.4) is 0 Å². The molecular formula is C22H29ClN3O3+. The van der Waals surface area contributed by atoms with E-state index in [0.717, 1.165) is 37.6 Å². The number of carbonyl (C=O) groups excluding carboxylic acids is 1. The molecule has 3 rings (SSSR count). The van der Waals surface area contributed by atoms with Gasteiger partial charge in [0.15, 0.2) is 6.04 Å². The Hall–Kier alpha value is -2.44. The highest BCUT2D eigenvalue weighted by atomic mass is 35.5. The highest BCUT2D eigenvalue weighted by molar-refractivity contribution is 6.31. The number of hydrogen-bond acceptors (Lipinski definition) is 4. The number of anilines is 2. The van der Waals surface area contributed by atoms with E-state index in [1.54, 1.807) is 25.3 Å². The summed E-state index contributed by atoms with van der Waals surface area (Å²) in [5.74, 6) is 1.48. The topological polar surface area (TPSA) is 55.2 Å². The van der Waals surface area contributed by atoms with Crippen molar-refractivity contribution in [1.29, 1.82) is 0 Å². The Bertz CT molecular complexity index is 838. The van der Waals surface area contributed by atoms with E-state index in [1.807, 2.05) is 32.0 Å². The summed E-state index contributed by atoms with van der Waals surface area (Å²) in [6, 6.07) is 13.2. The van der Waals surface area contributed by atoms with E-state index < -0.39 is 0 Å². The summed E-state index contributed by atoms with van der Waals surface area (Å²) in [5.41, 5.74) is 1.72. The number of halogens is 1. The monoisotopic (exact) mass is 418 g/mol. The molecule has 29 heavy (non-hydrogen) atoms. The number of quaternary nitrogens is 1. The lowest BCUT2D eigenvalue weighted by molar-refractivity contribution is -0.914. The summed E-state index contributed by atoms with van der Waals surface area (Å²) in [6.45, 7) is 8.10. The first kappa shape index (κ1) is 21.3. The number of amides is 1. The fourth-order valence-electron chi connectivity index (χ4n) is 3.67. The van der Waals surface area contributed by atoms with Crippen LogP contribution in [0.2, 0.25) is 5.02 Å². The van der Waals surface area contributed by atoms with Crippen LogP contribution in [0.5, 0.6) is 11.5 Å². The van der Waals surface area contributed by atoms with Crippen molar-refractivity contribution < 1.29 is 19.2 Å². The maximum Gasteiger partial charge on any atom is 0.282 e. The third kappa shape index (κ3) is 5.14. The summed E-state index contributed by atoms with van der Waals surface area (Å²) in [7, 11) is 1.58. The van der Waals surface area contributed by atoms with Gasteiger partial charge in [-0.3, -0.25) is 4.79 Å². The molecule has 7 heteroatoms. The molecule has 1 amide bonds. The smallest absolute Gasteiger partial charge is 0.282 e. The van der Waals surface area contributed by atoms with Crippen molar-refractivity contribution in [2.75, 3.05) is 50.1 Å². The van der Waals surface area contributed by atoms with Crippen LogP contribution in [-0.4, -0.2) is 51.8 Å². The Morgan fingerprint density at radius 3 is 2.62 bits per heavy atom. The van der Waals surface area contributed by atoms with Crippen molar-refractivity contribution in [3.63, 3.8) is 0 Å². The van der Waals surface area contributed by atoms with E-state index >= 15 is 0 Å². The minimum absolute atomic E-state index is 0.0382. The van der Waals surface area contributed by atoms with Crippen LogP contribution >= 0.6 is 11.6 Å². The van der Waals surface area contributed by atoms with Crippen LogP contribution in [0.4, 0.5) is 11.4 Å². The molecule has 2 N–H and O–H groups in total. The van der Waals surface area contributed by atoms with Crippen molar-refractivity contribution in [2.45, 2.75) is 19.9 Å². The molecular weight excluding hydrogens is 390 g/mol. The number of nitrogens with zero attached hydrogens (tertiary/aromatic N) is 1. The number of para-hydroxylation sites is 2. The van der Waals surface area contributed by atoms with Crippen LogP contribution in [-0.2, 0) is 4.79 Å². The third-order valence-corrected chi connectivity index (χ3v) is 5.57. The van der Waals surface area contributed by atoms with Gasteiger partial charge in [0, 0.05) is 5.02 Å². The van der Waals surface area contributed by atoms with Gasteiger partial charge in [0.1, 0.15) is 11.5 Å². The maximum atomic E-state index is 12.8. The normalized spacial score (nSPS) is 15.7. The molecule has 1 heterocycles. The van der Waals surface area contributed by atoms with Gasteiger partial charge in [0.05, 0.1) is 51.3 Å². The molecule has 1 saturated heterocycles. The average Bonchev–Trinajstić information content (AvgIpc) is 2.74. The fraction of sp³-hybridized carbons (Fsp3) is 0.409. The minimum atomic E-state index is -0.178. The van der Waals surface area contributed by atoms with E-state index in [4.69, 9.17) is 21.1 Å². The van der Waals surface area contributed by atoms with E-state index in [0.29, 0.717) is 23.1 Å². The maximum absolute atomic E-state index is 12.8. The molecule has 156 valence electrons. The summed E-state index contributed by atoms with van der Waals surface area (Å²) < 4.78 is 11.1. The molecule has 1 atom stereocenters. The average molecular weight is 419 g/mol. The van der Waals surface area contributed by atoms with Crippen LogP contribution < -0.4 is 24.6 Å². The predicted molar refractivity (Wildman–Crippen MR) is 117 cm³/mol. The lowest BCUT2D eigenvalue weighted by Crippen LogP contribution is -3.19. The number of methoxy groups -OCH3 is 1. The lowest BCUT2D eigenvalue weighted by Gasteiger charge is -2.36. The van der Waals surface area contributed by atoms with Crippen molar-refractivity contribution in [3.8, 4) is 11.5 Å². The zero-order valence-electron chi connectivity index (χ0n) is 17.2. The van der Waals surface area contributed by atoms with Gasteiger partial charge in [-0.15, -0.1) is 0 Å². The first-order chi connectivity index (χ1) is 14.0. The van der Waals surface area contributed by atoms with Crippen molar-refractivity contribution in [3.05, 3.63) is 47.5 Å². The molecule has 0 unspecified atom stereocenters. The first-order valence-corrected chi connectivity index (χ1v) is 10.4. The first-order valence-electron chi connectivity index (χ1n) is 9.99. The van der Waals surface area contributed by atoms with Crippen LogP contribution in [0.15, 0.2) is 42.5 Å². The zero-order valence-corrected chi connectivity index (χ0v) is 18.0. The summed E-state index contributed by atoms with van der Waals surface area (Å²) >= 11 is 6.07. The van der Waals surface area contributed by atoms with Gasteiger partial charge in [-0.25, -0.2) is 0 Å². The van der Waals surface area contributed by atoms with Crippen LogP contribution in [0, 0.1) is 0 Å². The van der Waals surface area contributed by atoms with E-state index in [2.05, 4.69) is 16.3 Å². The highest BCUT2D eigenvalue weighted by Crippen LogP contribution is 2.28. The second kappa shape index (κ2) is 9.85. The minimum Gasteiger partial charge on any atom is -0.495 e. The molecule has 0 aliphatic carbocycles. The molecule has 0 saturated carbocycles. The Morgan fingerprint density at radius 1 is 1.21 bits per heavy atom. The van der Waals surface area contributed by atoms with Crippen LogP contribution in [0.25, 0.3) is 0 Å². The summed E-state index contributed by atoms with van der Waals surface area (Å²) in [4.78, 5) is 16.4. The standard InChI is InChI=1S/C22H28ClN3O3/c1-4-29-21-8-6-5-7-19(21)26-13-11-25(12-14-26)16(2)22(27)24-18-15-17(23)9-10-20(18)28-3/h5-10,15-16H,4,11-14H2,1-3H3,(H,24,27)/p+1/t16-/m0/s1. The number of carbonyl (C=O) groups is 1. The molecule has 0 radical (unpaired) electrons. The molecule has 2 aromatic rings. The van der Waals surface area contributed by atoms with Crippen LogP contribution in [0.1, 0.15) is 13.8 Å². The van der Waals surface area contributed by atoms with Gasteiger partial charge in [-0.1, -0.05) is 23.7 Å². The zero-order chi connectivity index (χ0) is 20.8. The Balaban J connectivity index is 1.61. The number of hydrogen-bond donors (Lipinski definition) is 2. The number of ether oxygens (including phenoxy) is 2. The molecule has 0 aromatic heterocycles. The van der Waals surface area contributed by atoms with Gasteiger partial charge in [0.25, 0.3) is 5.91 Å². The van der Waals surface area contributed by atoms with E-state index in [9.17, 15) is 4.79 Å². The predicted octanol–water partition coefficient (Wildman–Crippen LogP) is 2.48. The number of nitrogens with one attached hydrogen (secondary N) is 2. The van der Waals surface area contributed by atoms with Crippen molar-refractivity contribution in [2.24, 2.45) is 0 Å². The van der Waals surface area contributed by atoms with E-state index in [1.165, 1.54) is 4.90 Å². The molecule has 6 nitrogen and oxygen atoms in total. The SMILES string of the molecule is CCOc1ccccc1N1CC[NH+]([C@@H](C)C(=O)Nc2cc(Cl)ccc2OC)CC1. The number of benzene rings is 2. The lowest BCUT2D eigenvalue weighted by atomic mass is 10.2. The fourth-order valence-corrected chi connectivity index (χ4v) is 3.84. The summed E-state index contributed by atoms with van der Waals surface area (Å²) in [6.07, 6.45) is 0. The summed E-state index contributed by atoms with van der Waals surface area (Å²) in [5, 5.41) is 3.52. The van der Waals surface area contributed by atoms with Gasteiger partial charge < -0.3 is 24.6 Å².